The number of fused-ring (bicyclic) bond motifs is 5. The van der Waals surface area contributed by atoms with Crippen LogP contribution in [0.2, 0.25) is 0 Å². The van der Waals surface area contributed by atoms with Crippen LogP contribution in [0.3, 0.4) is 0 Å². The van der Waals surface area contributed by atoms with Gasteiger partial charge in [0.05, 0.1) is 39.0 Å². The molecular weight excluding hydrogens is 466 g/mol. The van der Waals surface area contributed by atoms with Crippen molar-refractivity contribution in [3.8, 4) is 6.07 Å². The van der Waals surface area contributed by atoms with Gasteiger partial charge in [-0.1, -0.05) is 0 Å². The maximum Gasteiger partial charge on any atom is 0.226 e. The largest absolute Gasteiger partial charge is 0.492 e. The Morgan fingerprint density at radius 3 is 1.89 bits per heavy atom. The Kier molecular flexibility index (Phi) is 5.63. The van der Waals surface area contributed by atoms with Crippen LogP contribution in [-0.4, -0.2) is 96.1 Å². The molecule has 5 rings (SSSR count). The first-order valence-electron chi connectivity index (χ1n) is 11.8. The fraction of sp³-hybridized carbons (Fsp3) is 0.500. The fourth-order valence-electron chi connectivity index (χ4n) is 6.79. The summed E-state index contributed by atoms with van der Waals surface area (Å²) < 4.78 is 10.5. The summed E-state index contributed by atoms with van der Waals surface area (Å²) in [7, 11) is 4.46. The highest BCUT2D eigenvalue weighted by atomic mass is 16.5. The van der Waals surface area contributed by atoms with E-state index in [0.29, 0.717) is 11.1 Å². The summed E-state index contributed by atoms with van der Waals surface area (Å²) in [6.45, 7) is 2.57. The van der Waals surface area contributed by atoms with Crippen LogP contribution in [0.25, 0.3) is 0 Å². The zero-order valence-electron chi connectivity index (χ0n) is 20.7. The number of aliphatic hydroxyl groups is 1. The number of carbonyl (C=O) groups is 4. The molecule has 0 radical (unpaired) electrons. The number of carbonyl (C=O) groups excluding carboxylic acids is 4. The highest BCUT2D eigenvalue weighted by Crippen LogP contribution is 2.48. The molecule has 5 atom stereocenters. The number of rotatable bonds is 3. The van der Waals surface area contributed by atoms with Crippen LogP contribution in [0.4, 0.5) is 0 Å². The quantitative estimate of drug-likeness (QED) is 0.540. The van der Waals surface area contributed by atoms with Crippen molar-refractivity contribution in [3.05, 3.63) is 45.0 Å². The summed E-state index contributed by atoms with van der Waals surface area (Å²) in [5.41, 5.74) is 1.47. The molecule has 0 aromatic heterocycles. The summed E-state index contributed by atoms with van der Waals surface area (Å²) in [6, 6.07) is -1.14. The lowest BCUT2D eigenvalue weighted by Crippen LogP contribution is -2.74. The molecule has 0 spiro atoms. The third-order valence-electron chi connectivity index (χ3n) is 8.39. The SMILES string of the molecule is COC1=C(C)C(=O)C2=C(C1=O)C1[C@@H]3CC4=C(C(=O)C(OC)=C(C)C4=O)[C@H](CO)N3[C@@H](C#N)C(C2)N1C. The highest BCUT2D eigenvalue weighted by molar-refractivity contribution is 6.26. The molecule has 1 fully saturated rings. The molecule has 2 unspecified atom stereocenters. The van der Waals surface area contributed by atoms with Crippen LogP contribution in [0, 0.1) is 11.3 Å². The lowest BCUT2D eigenvalue weighted by atomic mass is 9.67. The molecule has 1 saturated heterocycles. The van der Waals surface area contributed by atoms with E-state index in [-0.39, 0.29) is 64.0 Å². The molecule has 10 nitrogen and oxygen atoms in total. The lowest BCUT2D eigenvalue weighted by Gasteiger charge is -2.60. The number of piperazine rings is 1. The van der Waals surface area contributed by atoms with Gasteiger partial charge >= 0.3 is 0 Å². The second-order valence-corrected chi connectivity index (χ2v) is 9.79. The van der Waals surface area contributed by atoms with Crippen molar-refractivity contribution >= 4 is 23.1 Å². The predicted octanol–water partition coefficient (Wildman–Crippen LogP) is 0.138. The van der Waals surface area contributed by atoms with Gasteiger partial charge in [-0.15, -0.1) is 0 Å². The number of hydrogen-bond donors (Lipinski definition) is 1. The zero-order valence-corrected chi connectivity index (χ0v) is 20.7. The summed E-state index contributed by atoms with van der Waals surface area (Å²) in [5, 5.41) is 20.8. The monoisotopic (exact) mass is 493 g/mol. The van der Waals surface area contributed by atoms with Crippen molar-refractivity contribution in [2.75, 3.05) is 27.9 Å². The topological polar surface area (TPSA) is 137 Å². The number of ether oxygens (including phenoxy) is 2. The highest BCUT2D eigenvalue weighted by Gasteiger charge is 2.59. The lowest BCUT2D eigenvalue weighted by molar-refractivity contribution is -0.126. The summed E-state index contributed by atoms with van der Waals surface area (Å²) in [6.07, 6.45) is 0.246. The third kappa shape index (κ3) is 2.88. The number of nitrogens with zero attached hydrogens (tertiary/aromatic N) is 3. The van der Waals surface area contributed by atoms with Gasteiger partial charge in [0.1, 0.15) is 6.04 Å². The fourth-order valence-corrected chi connectivity index (χ4v) is 6.79. The molecule has 0 saturated carbocycles. The van der Waals surface area contributed by atoms with E-state index < -0.39 is 42.6 Å². The number of hydrogen-bond acceptors (Lipinski definition) is 10. The number of aliphatic hydroxyl groups excluding tert-OH is 1. The molecule has 2 bridgehead atoms. The number of nitriles is 1. The van der Waals surface area contributed by atoms with E-state index in [1.165, 1.54) is 21.1 Å². The maximum atomic E-state index is 13.6. The minimum atomic E-state index is -0.937. The molecule has 3 heterocycles. The maximum absolute atomic E-state index is 13.6. The van der Waals surface area contributed by atoms with E-state index in [2.05, 4.69) is 6.07 Å². The second-order valence-electron chi connectivity index (χ2n) is 9.79. The molecule has 10 heteroatoms. The Hall–Kier alpha value is -3.39. The van der Waals surface area contributed by atoms with Gasteiger partial charge in [0.25, 0.3) is 0 Å². The van der Waals surface area contributed by atoms with E-state index in [1.807, 2.05) is 4.90 Å². The Morgan fingerprint density at radius 1 is 0.889 bits per heavy atom. The van der Waals surface area contributed by atoms with Gasteiger partial charge in [-0.05, 0) is 33.7 Å². The summed E-state index contributed by atoms with van der Waals surface area (Å²) >= 11 is 0. The minimum Gasteiger partial charge on any atom is -0.492 e. The molecular formula is C26H27N3O7. The van der Waals surface area contributed by atoms with Gasteiger partial charge in [-0.25, -0.2) is 0 Å². The van der Waals surface area contributed by atoms with E-state index in [0.717, 1.165) is 0 Å². The van der Waals surface area contributed by atoms with E-state index in [1.54, 1.807) is 18.9 Å². The second kappa shape index (κ2) is 8.34. The number of allylic oxidation sites excluding steroid dienone is 4. The first-order valence-corrected chi connectivity index (χ1v) is 11.8. The average molecular weight is 494 g/mol. The van der Waals surface area contributed by atoms with Gasteiger partial charge in [-0.3, -0.25) is 29.0 Å². The first kappa shape index (κ1) is 24.3. The molecule has 0 amide bonds. The molecule has 5 aliphatic rings. The third-order valence-corrected chi connectivity index (χ3v) is 8.39. The molecule has 1 N–H and O–H groups in total. The van der Waals surface area contributed by atoms with Gasteiger partial charge in [-0.2, -0.15) is 5.26 Å². The van der Waals surface area contributed by atoms with Crippen LogP contribution < -0.4 is 0 Å². The first-order chi connectivity index (χ1) is 17.1. The number of ketones is 4. The summed E-state index contributed by atoms with van der Waals surface area (Å²) in [4.78, 5) is 57.3. The van der Waals surface area contributed by atoms with Crippen LogP contribution in [0.5, 0.6) is 0 Å². The van der Waals surface area contributed by atoms with Crippen molar-refractivity contribution < 1.29 is 33.8 Å². The molecule has 0 aromatic carbocycles. The molecule has 36 heavy (non-hydrogen) atoms. The van der Waals surface area contributed by atoms with Crippen LogP contribution in [0.1, 0.15) is 26.7 Å². The van der Waals surface area contributed by atoms with Crippen molar-refractivity contribution in [1.82, 2.24) is 9.80 Å². The van der Waals surface area contributed by atoms with Crippen molar-refractivity contribution in [1.29, 1.82) is 5.26 Å². The van der Waals surface area contributed by atoms with Crippen LogP contribution in [-0.2, 0) is 28.7 Å². The Bertz CT molecular complexity index is 1310. The van der Waals surface area contributed by atoms with Gasteiger partial charge in [0.2, 0.25) is 11.6 Å². The van der Waals surface area contributed by atoms with Gasteiger partial charge < -0.3 is 14.6 Å². The van der Waals surface area contributed by atoms with E-state index in [4.69, 9.17) is 9.47 Å². The standard InChI is InChI=1S/C26H27N3O7/c1-10-21(31)12-7-15-20-19-13(22(32)11(2)26(36-5)24(19)34)6-14(28(20)3)16(8-27)29(15)17(9-30)18(12)23(33)25(10)35-4/h14-17,20,30H,6-7,9H2,1-5H3/t14?,15-,16-,17-,20?/m0/s1. The molecule has 188 valence electrons. The number of likely N-dealkylation sites (N-methyl/N-ethyl adjacent to an activating group) is 1. The van der Waals surface area contributed by atoms with Crippen molar-refractivity contribution in [2.24, 2.45) is 0 Å². The number of Topliss-reactive ketones (excluding diaryl/α,β-unsaturated/α-hetero) is 4. The Labute approximate surface area is 208 Å². The van der Waals surface area contributed by atoms with E-state index >= 15 is 0 Å². The van der Waals surface area contributed by atoms with Crippen LogP contribution >= 0.6 is 0 Å². The average Bonchev–Trinajstić information content (AvgIpc) is 2.86. The van der Waals surface area contributed by atoms with Crippen LogP contribution in [0.15, 0.2) is 45.0 Å². The smallest absolute Gasteiger partial charge is 0.226 e. The Morgan fingerprint density at radius 2 is 1.39 bits per heavy atom. The van der Waals surface area contributed by atoms with Crippen molar-refractivity contribution in [3.63, 3.8) is 0 Å². The van der Waals surface area contributed by atoms with E-state index in [9.17, 15) is 29.5 Å². The normalized spacial score (nSPS) is 33.0. The molecule has 3 aliphatic heterocycles. The van der Waals surface area contributed by atoms with Gasteiger partial charge in [0.15, 0.2) is 23.1 Å². The predicted molar refractivity (Wildman–Crippen MR) is 124 cm³/mol. The van der Waals surface area contributed by atoms with Crippen molar-refractivity contribution in [2.45, 2.75) is 56.9 Å². The molecule has 2 aliphatic carbocycles. The minimum absolute atomic E-state index is 0.0126. The zero-order chi connectivity index (χ0) is 26.2. The molecule has 0 aromatic rings. The number of methoxy groups -OCH3 is 2. The Balaban J connectivity index is 1.72. The van der Waals surface area contributed by atoms with Gasteiger partial charge in [0, 0.05) is 45.5 Å². The summed E-state index contributed by atoms with van der Waals surface area (Å²) in [5.74, 6) is -1.59.